The minimum absolute atomic E-state index is 0.196. The summed E-state index contributed by atoms with van der Waals surface area (Å²) in [7, 11) is -3.71. The third kappa shape index (κ3) is 3.37. The summed E-state index contributed by atoms with van der Waals surface area (Å²) in [5, 5.41) is 0.550. The molecule has 1 atom stereocenters. The quantitative estimate of drug-likeness (QED) is 0.494. The molecule has 32 heavy (non-hydrogen) atoms. The van der Waals surface area contributed by atoms with E-state index in [9.17, 15) is 17.2 Å². The molecule has 0 amide bonds. The average Bonchev–Trinajstić information content (AvgIpc) is 3.41. The Morgan fingerprint density at radius 3 is 2.56 bits per heavy atom. The summed E-state index contributed by atoms with van der Waals surface area (Å²) in [6.45, 7) is 0.455. The molecule has 1 N–H and O–H groups in total. The van der Waals surface area contributed by atoms with Crippen molar-refractivity contribution in [2.75, 3.05) is 26.2 Å². The number of benzene rings is 1. The van der Waals surface area contributed by atoms with E-state index >= 15 is 0 Å². The maximum atomic E-state index is 13.8. The Morgan fingerprint density at radius 1 is 1.06 bits per heavy atom. The molecule has 1 fully saturated rings. The molecule has 1 aromatic carbocycles. The fraction of sp³-hybridized carbons (Fsp3) is 0.333. The highest BCUT2D eigenvalue weighted by Gasteiger charge is 2.33. The third-order valence-electron chi connectivity index (χ3n) is 6.04. The fourth-order valence-electron chi connectivity index (χ4n) is 4.34. The third-order valence-corrected chi connectivity index (χ3v) is 7.98. The van der Waals surface area contributed by atoms with Gasteiger partial charge in [0.05, 0.1) is 17.1 Å². The molecule has 0 aliphatic carbocycles. The second-order valence-corrected chi connectivity index (χ2v) is 9.68. The van der Waals surface area contributed by atoms with E-state index in [0.29, 0.717) is 35.2 Å². The lowest BCUT2D eigenvalue weighted by atomic mass is 10.2. The number of nitrogens with zero attached hydrogens (tertiary/aromatic N) is 5. The largest absolute Gasteiger partial charge is 0.345 e. The number of alkyl halides is 2. The van der Waals surface area contributed by atoms with Crippen molar-refractivity contribution in [3.05, 3.63) is 54.6 Å². The van der Waals surface area contributed by atoms with E-state index in [1.54, 1.807) is 42.6 Å². The summed E-state index contributed by atoms with van der Waals surface area (Å²) in [6, 6.07) is 9.85. The number of halogens is 2. The van der Waals surface area contributed by atoms with Crippen LogP contribution in [0.25, 0.3) is 22.1 Å². The molecular weight excluding hydrogens is 438 g/mol. The number of aromatic nitrogens is 4. The van der Waals surface area contributed by atoms with Crippen LogP contribution in [-0.4, -0.2) is 63.3 Å². The van der Waals surface area contributed by atoms with Gasteiger partial charge in [0.2, 0.25) is 10.0 Å². The van der Waals surface area contributed by atoms with Crippen LogP contribution < -0.4 is 0 Å². The Balaban J connectivity index is 1.37. The normalized spacial score (nSPS) is 17.5. The van der Waals surface area contributed by atoms with Crippen LogP contribution in [0, 0.1) is 0 Å². The van der Waals surface area contributed by atoms with Crippen LogP contribution in [0.15, 0.2) is 53.7 Å². The van der Waals surface area contributed by atoms with Crippen LogP contribution >= 0.6 is 0 Å². The monoisotopic (exact) mass is 460 g/mol. The Hall–Kier alpha value is -2.89. The van der Waals surface area contributed by atoms with E-state index in [1.165, 1.54) is 10.5 Å². The highest BCUT2D eigenvalue weighted by atomic mass is 32.2. The van der Waals surface area contributed by atoms with Crippen molar-refractivity contribution in [3.63, 3.8) is 0 Å². The Bertz CT molecular complexity index is 1380. The van der Waals surface area contributed by atoms with Crippen molar-refractivity contribution < 1.29 is 17.2 Å². The van der Waals surface area contributed by atoms with Gasteiger partial charge in [0.1, 0.15) is 16.4 Å². The molecular formula is C21H22F2N6O2S. The summed E-state index contributed by atoms with van der Waals surface area (Å²) in [5.41, 5.74) is 1.42. The van der Waals surface area contributed by atoms with Crippen LogP contribution in [0.3, 0.4) is 0 Å². The average molecular weight is 461 g/mol. The van der Waals surface area contributed by atoms with Gasteiger partial charge in [-0.15, -0.1) is 0 Å². The predicted octanol–water partition coefficient (Wildman–Crippen LogP) is 3.38. The van der Waals surface area contributed by atoms with Gasteiger partial charge >= 0.3 is 6.55 Å². The second kappa shape index (κ2) is 7.91. The van der Waals surface area contributed by atoms with Crippen LogP contribution in [0.4, 0.5) is 8.78 Å². The molecule has 8 nitrogen and oxygen atoms in total. The number of hydrogen-bond acceptors (Lipinski definition) is 5. The second-order valence-electron chi connectivity index (χ2n) is 7.77. The number of para-hydroxylation sites is 2. The minimum atomic E-state index is -3.71. The van der Waals surface area contributed by atoms with Crippen molar-refractivity contribution in [1.82, 2.24) is 28.7 Å². The zero-order valence-corrected chi connectivity index (χ0v) is 18.1. The van der Waals surface area contributed by atoms with Gasteiger partial charge in [-0.05, 0) is 31.2 Å². The highest BCUT2D eigenvalue weighted by molar-refractivity contribution is 7.89. The Kier molecular flexibility index (Phi) is 5.19. The molecule has 3 aromatic heterocycles. The first-order valence-corrected chi connectivity index (χ1v) is 11.7. The molecule has 5 rings (SSSR count). The molecule has 0 saturated carbocycles. The number of imidazole rings is 1. The SMILES string of the molecule is CC(c1nc2ccccc2n1C(F)F)N1CCN(S(=O)(=O)c2c[nH]c3ncccc23)CC1. The summed E-state index contributed by atoms with van der Waals surface area (Å²) < 4.78 is 56.5. The van der Waals surface area contributed by atoms with E-state index in [4.69, 9.17) is 0 Å². The lowest BCUT2D eigenvalue weighted by Crippen LogP contribution is -2.49. The van der Waals surface area contributed by atoms with Gasteiger partial charge in [0.25, 0.3) is 0 Å². The van der Waals surface area contributed by atoms with Crippen LogP contribution in [0.2, 0.25) is 0 Å². The first-order chi connectivity index (χ1) is 15.4. The van der Waals surface area contributed by atoms with Gasteiger partial charge in [-0.3, -0.25) is 9.47 Å². The topological polar surface area (TPSA) is 87.1 Å². The van der Waals surface area contributed by atoms with E-state index in [-0.39, 0.29) is 23.8 Å². The van der Waals surface area contributed by atoms with Gasteiger partial charge in [0, 0.05) is 44.0 Å². The Morgan fingerprint density at radius 2 is 1.81 bits per heavy atom. The number of hydrogen-bond donors (Lipinski definition) is 1. The lowest BCUT2D eigenvalue weighted by Gasteiger charge is -2.37. The van der Waals surface area contributed by atoms with Crippen molar-refractivity contribution >= 4 is 32.1 Å². The molecule has 168 valence electrons. The van der Waals surface area contributed by atoms with Crippen LogP contribution in [-0.2, 0) is 10.0 Å². The summed E-state index contributed by atoms with van der Waals surface area (Å²) in [5.74, 6) is 0.278. The summed E-state index contributed by atoms with van der Waals surface area (Å²) in [6.07, 6.45) is 3.06. The minimum Gasteiger partial charge on any atom is -0.345 e. The summed E-state index contributed by atoms with van der Waals surface area (Å²) in [4.78, 5) is 13.7. The van der Waals surface area contributed by atoms with Gasteiger partial charge < -0.3 is 4.98 Å². The van der Waals surface area contributed by atoms with Gasteiger partial charge in [-0.25, -0.2) is 18.4 Å². The number of pyridine rings is 1. The summed E-state index contributed by atoms with van der Waals surface area (Å²) >= 11 is 0. The van der Waals surface area contributed by atoms with Crippen molar-refractivity contribution in [2.24, 2.45) is 0 Å². The fourth-order valence-corrected chi connectivity index (χ4v) is 5.91. The number of aromatic amines is 1. The lowest BCUT2D eigenvalue weighted by molar-refractivity contribution is 0.0616. The van der Waals surface area contributed by atoms with E-state index in [0.717, 1.165) is 4.57 Å². The smallest absolute Gasteiger partial charge is 0.320 e. The zero-order valence-electron chi connectivity index (χ0n) is 17.3. The van der Waals surface area contributed by atoms with Gasteiger partial charge in [0.15, 0.2) is 0 Å². The predicted molar refractivity (Wildman–Crippen MR) is 116 cm³/mol. The van der Waals surface area contributed by atoms with E-state index in [2.05, 4.69) is 15.0 Å². The van der Waals surface area contributed by atoms with E-state index in [1.807, 2.05) is 11.8 Å². The molecule has 0 bridgehead atoms. The van der Waals surface area contributed by atoms with E-state index < -0.39 is 22.6 Å². The zero-order chi connectivity index (χ0) is 22.5. The molecule has 11 heteroatoms. The first-order valence-electron chi connectivity index (χ1n) is 10.3. The van der Waals surface area contributed by atoms with Crippen molar-refractivity contribution in [3.8, 4) is 0 Å². The number of fused-ring (bicyclic) bond motifs is 2. The number of H-pyrrole nitrogens is 1. The van der Waals surface area contributed by atoms with Crippen LogP contribution in [0.5, 0.6) is 0 Å². The van der Waals surface area contributed by atoms with Crippen molar-refractivity contribution in [2.45, 2.75) is 24.4 Å². The molecule has 4 heterocycles. The molecule has 0 radical (unpaired) electrons. The molecule has 1 unspecified atom stereocenters. The molecule has 1 saturated heterocycles. The number of rotatable bonds is 5. The molecule has 4 aromatic rings. The van der Waals surface area contributed by atoms with Crippen molar-refractivity contribution in [1.29, 1.82) is 0 Å². The highest BCUT2D eigenvalue weighted by Crippen LogP contribution is 2.31. The molecule has 1 aliphatic heterocycles. The number of piperazine rings is 1. The van der Waals surface area contributed by atoms with Crippen LogP contribution in [0.1, 0.15) is 25.3 Å². The number of sulfonamides is 1. The first kappa shape index (κ1) is 21.0. The van der Waals surface area contributed by atoms with Gasteiger partial charge in [-0.1, -0.05) is 12.1 Å². The molecule has 1 aliphatic rings. The number of nitrogens with one attached hydrogen (secondary N) is 1. The van der Waals surface area contributed by atoms with Gasteiger partial charge in [-0.2, -0.15) is 13.1 Å². The maximum Gasteiger partial charge on any atom is 0.320 e. The Labute approximate surface area is 183 Å². The maximum absolute atomic E-state index is 13.8. The molecule has 0 spiro atoms. The standard InChI is InChI=1S/C21H22F2N6O2S/c1-14(20-26-16-6-2-3-7-17(16)29(20)21(22)23)27-9-11-28(12-10-27)32(30,31)18-13-25-19-15(18)5-4-8-24-19/h2-8,13-14,21H,9-12H2,1H3,(H,24,25).